The smallest absolute Gasteiger partial charge is 0.230 e. The second-order valence-electron chi connectivity index (χ2n) is 7.98. The summed E-state index contributed by atoms with van der Waals surface area (Å²) in [5.74, 6) is -0.0409. The van der Waals surface area contributed by atoms with Crippen molar-refractivity contribution in [1.29, 1.82) is 0 Å². The molecule has 2 amide bonds. The largest absolute Gasteiger partial charge is 0.360 e. The Kier molecular flexibility index (Phi) is 3.86. The third kappa shape index (κ3) is 2.53. The average Bonchev–Trinajstić information content (AvgIpc) is 3.46. The third-order valence-electron chi connectivity index (χ3n) is 6.43. The zero-order valence-electron chi connectivity index (χ0n) is 15.4. The summed E-state index contributed by atoms with van der Waals surface area (Å²) in [7, 11) is 0. The van der Waals surface area contributed by atoms with Crippen LogP contribution in [0.3, 0.4) is 0 Å². The van der Waals surface area contributed by atoms with E-state index in [4.69, 9.17) is 9.26 Å². The van der Waals surface area contributed by atoms with Gasteiger partial charge in [-0.3, -0.25) is 9.59 Å². The van der Waals surface area contributed by atoms with Gasteiger partial charge >= 0.3 is 0 Å². The van der Waals surface area contributed by atoms with E-state index < -0.39 is 17.4 Å². The Hall–Kier alpha value is -2.22. The molecule has 144 valence electrons. The Morgan fingerprint density at radius 3 is 2.96 bits per heavy atom. The highest BCUT2D eigenvalue weighted by Crippen LogP contribution is 2.52. The molecule has 1 saturated carbocycles. The third-order valence-corrected chi connectivity index (χ3v) is 6.43. The SMILES string of the molecule is CCc1nc(CNC(=O)[C@@H]2[C@H]3C(=O)N(C4CCCC4)C[C@@]34C=C[C@H]2O4)no1. The van der Waals surface area contributed by atoms with E-state index in [0.717, 1.165) is 12.8 Å². The molecule has 1 aromatic rings. The van der Waals surface area contributed by atoms with E-state index in [1.807, 2.05) is 24.0 Å². The minimum Gasteiger partial charge on any atom is -0.360 e. The lowest BCUT2D eigenvalue weighted by atomic mass is 9.77. The van der Waals surface area contributed by atoms with Crippen molar-refractivity contribution in [3.05, 3.63) is 23.9 Å². The summed E-state index contributed by atoms with van der Waals surface area (Å²) in [5.41, 5.74) is -0.631. The number of hydrogen-bond donors (Lipinski definition) is 1. The highest BCUT2D eigenvalue weighted by atomic mass is 16.5. The van der Waals surface area contributed by atoms with Gasteiger partial charge in [-0.15, -0.1) is 0 Å². The van der Waals surface area contributed by atoms with Crippen molar-refractivity contribution in [2.45, 2.75) is 63.3 Å². The van der Waals surface area contributed by atoms with Gasteiger partial charge in [0.05, 0.1) is 31.0 Å². The maximum absolute atomic E-state index is 13.2. The summed E-state index contributed by atoms with van der Waals surface area (Å²) in [6, 6.07) is 0.295. The Morgan fingerprint density at radius 1 is 1.41 bits per heavy atom. The molecular formula is C19H24N4O4. The van der Waals surface area contributed by atoms with Crippen LogP contribution in [-0.4, -0.2) is 51.1 Å². The first kappa shape index (κ1) is 16.9. The summed E-state index contributed by atoms with van der Waals surface area (Å²) < 4.78 is 11.2. The van der Waals surface area contributed by atoms with Gasteiger partial charge in [-0.25, -0.2) is 0 Å². The lowest BCUT2D eigenvalue weighted by Gasteiger charge is -2.26. The van der Waals surface area contributed by atoms with Crippen LogP contribution in [0.25, 0.3) is 0 Å². The van der Waals surface area contributed by atoms with Gasteiger partial charge in [0.2, 0.25) is 17.7 Å². The topological polar surface area (TPSA) is 97.6 Å². The quantitative estimate of drug-likeness (QED) is 0.774. The fourth-order valence-electron chi connectivity index (χ4n) is 5.14. The van der Waals surface area contributed by atoms with Crippen molar-refractivity contribution in [1.82, 2.24) is 20.4 Å². The number of amides is 2. The maximum atomic E-state index is 13.2. The molecule has 1 N–H and O–H groups in total. The Bertz CT molecular complexity index is 799. The van der Waals surface area contributed by atoms with Crippen LogP contribution in [0.4, 0.5) is 0 Å². The number of likely N-dealkylation sites (tertiary alicyclic amines) is 1. The lowest BCUT2D eigenvalue weighted by molar-refractivity contribution is -0.138. The number of aryl methyl sites for hydroxylation is 1. The Labute approximate surface area is 157 Å². The molecule has 4 heterocycles. The zero-order valence-corrected chi connectivity index (χ0v) is 15.4. The minimum atomic E-state index is -0.631. The van der Waals surface area contributed by atoms with Crippen molar-refractivity contribution in [2.75, 3.05) is 6.54 Å². The predicted molar refractivity (Wildman–Crippen MR) is 93.2 cm³/mol. The van der Waals surface area contributed by atoms with E-state index in [9.17, 15) is 9.59 Å². The second-order valence-corrected chi connectivity index (χ2v) is 7.98. The molecule has 4 atom stereocenters. The van der Waals surface area contributed by atoms with Crippen LogP contribution in [0, 0.1) is 11.8 Å². The van der Waals surface area contributed by atoms with Gasteiger partial charge in [0.1, 0.15) is 5.60 Å². The molecule has 8 heteroatoms. The van der Waals surface area contributed by atoms with Crippen LogP contribution in [0.2, 0.25) is 0 Å². The molecule has 3 fully saturated rings. The van der Waals surface area contributed by atoms with Gasteiger partial charge in [-0.2, -0.15) is 4.98 Å². The van der Waals surface area contributed by atoms with Crippen molar-refractivity contribution >= 4 is 11.8 Å². The van der Waals surface area contributed by atoms with Crippen molar-refractivity contribution < 1.29 is 18.8 Å². The zero-order chi connectivity index (χ0) is 18.6. The fraction of sp³-hybridized carbons (Fsp3) is 0.684. The molecule has 0 unspecified atom stereocenters. The molecule has 1 aromatic heterocycles. The molecule has 0 radical (unpaired) electrons. The van der Waals surface area contributed by atoms with Crippen LogP contribution < -0.4 is 5.32 Å². The maximum Gasteiger partial charge on any atom is 0.230 e. The van der Waals surface area contributed by atoms with Crippen LogP contribution >= 0.6 is 0 Å². The van der Waals surface area contributed by atoms with E-state index in [-0.39, 0.29) is 24.5 Å². The lowest BCUT2D eigenvalue weighted by Crippen LogP contribution is -2.44. The van der Waals surface area contributed by atoms with Gasteiger partial charge in [0.15, 0.2) is 5.82 Å². The number of nitrogens with zero attached hydrogens (tertiary/aromatic N) is 3. The van der Waals surface area contributed by atoms with Gasteiger partial charge in [0.25, 0.3) is 0 Å². The molecule has 2 bridgehead atoms. The molecule has 3 aliphatic heterocycles. The van der Waals surface area contributed by atoms with Crippen LogP contribution in [-0.2, 0) is 27.3 Å². The molecule has 27 heavy (non-hydrogen) atoms. The number of hydrogen-bond acceptors (Lipinski definition) is 6. The highest BCUT2D eigenvalue weighted by Gasteiger charge is 2.67. The first-order valence-corrected chi connectivity index (χ1v) is 9.88. The van der Waals surface area contributed by atoms with Gasteiger partial charge in [0, 0.05) is 12.5 Å². The molecule has 1 aliphatic carbocycles. The standard InChI is InChI=1S/C19H24N4O4/c1-2-14-21-13(22-27-14)9-20-17(24)15-12-7-8-19(26-12)10-23(18(25)16(15)19)11-5-3-4-6-11/h7-8,11-12,15-16H,2-6,9-10H2,1H3,(H,20,24)/t12-,15+,16+,19+/m1/s1. The monoisotopic (exact) mass is 372 g/mol. The number of aromatic nitrogens is 2. The first-order valence-electron chi connectivity index (χ1n) is 9.88. The molecule has 2 saturated heterocycles. The normalized spacial score (nSPS) is 34.6. The first-order chi connectivity index (χ1) is 13.1. The summed E-state index contributed by atoms with van der Waals surface area (Å²) in [4.78, 5) is 32.3. The van der Waals surface area contributed by atoms with Crippen molar-refractivity contribution in [3.63, 3.8) is 0 Å². The molecule has 4 aliphatic rings. The number of fused-ring (bicyclic) bond motifs is 1. The Morgan fingerprint density at radius 2 is 2.22 bits per heavy atom. The van der Waals surface area contributed by atoms with Gasteiger partial charge in [-0.05, 0) is 12.8 Å². The minimum absolute atomic E-state index is 0.0710. The highest BCUT2D eigenvalue weighted by molar-refractivity contribution is 5.93. The predicted octanol–water partition coefficient (Wildman–Crippen LogP) is 0.973. The number of carbonyl (C=O) groups is 2. The second kappa shape index (κ2) is 6.15. The molecule has 8 nitrogen and oxygen atoms in total. The molecule has 0 aromatic carbocycles. The molecular weight excluding hydrogens is 348 g/mol. The van der Waals surface area contributed by atoms with Crippen LogP contribution in [0.5, 0.6) is 0 Å². The number of carbonyl (C=O) groups excluding carboxylic acids is 2. The van der Waals surface area contributed by atoms with E-state index >= 15 is 0 Å². The number of nitrogens with one attached hydrogen (secondary N) is 1. The summed E-state index contributed by atoms with van der Waals surface area (Å²) in [6.45, 7) is 2.69. The number of rotatable bonds is 5. The van der Waals surface area contributed by atoms with E-state index in [1.54, 1.807) is 0 Å². The molecule has 1 spiro atoms. The van der Waals surface area contributed by atoms with E-state index in [0.29, 0.717) is 30.7 Å². The van der Waals surface area contributed by atoms with Crippen molar-refractivity contribution in [2.24, 2.45) is 11.8 Å². The van der Waals surface area contributed by atoms with Gasteiger partial charge in [-0.1, -0.05) is 37.1 Å². The van der Waals surface area contributed by atoms with E-state index in [2.05, 4.69) is 15.5 Å². The Balaban J connectivity index is 1.32. The van der Waals surface area contributed by atoms with Crippen LogP contribution in [0.1, 0.15) is 44.3 Å². The van der Waals surface area contributed by atoms with Crippen molar-refractivity contribution in [3.8, 4) is 0 Å². The van der Waals surface area contributed by atoms with E-state index in [1.165, 1.54) is 12.8 Å². The summed E-state index contributed by atoms with van der Waals surface area (Å²) in [6.07, 6.45) is 8.70. The molecule has 5 rings (SSSR count). The summed E-state index contributed by atoms with van der Waals surface area (Å²) >= 11 is 0. The average molecular weight is 372 g/mol. The van der Waals surface area contributed by atoms with Gasteiger partial charge < -0.3 is 19.5 Å². The number of ether oxygens (including phenoxy) is 1. The van der Waals surface area contributed by atoms with Crippen LogP contribution in [0.15, 0.2) is 16.7 Å². The summed E-state index contributed by atoms with van der Waals surface area (Å²) in [5, 5.41) is 6.73. The fourth-order valence-corrected chi connectivity index (χ4v) is 5.14.